The fourth-order valence-electron chi connectivity index (χ4n) is 4.41. The lowest BCUT2D eigenvalue weighted by molar-refractivity contribution is -0.0792. The summed E-state index contributed by atoms with van der Waals surface area (Å²) >= 11 is 1.69. The third-order valence-electron chi connectivity index (χ3n) is 5.99. The van der Waals surface area contributed by atoms with Crippen molar-refractivity contribution in [3.63, 3.8) is 0 Å². The highest BCUT2D eigenvalue weighted by atomic mass is 32.1. The van der Waals surface area contributed by atoms with Gasteiger partial charge in [-0.15, -0.1) is 11.3 Å². The number of carbonyl (C=O) groups excluding carboxylic acids is 1. The predicted molar refractivity (Wildman–Crippen MR) is 104 cm³/mol. The van der Waals surface area contributed by atoms with Crippen molar-refractivity contribution in [1.29, 1.82) is 0 Å². The number of thiophene rings is 1. The second-order valence-electron chi connectivity index (χ2n) is 7.98. The second-order valence-corrected chi connectivity index (χ2v) is 9.11. The molecule has 2 aromatic heterocycles. The Kier molecular flexibility index (Phi) is 4.33. The molecule has 0 radical (unpaired) electrons. The minimum atomic E-state index is -0.179. The van der Waals surface area contributed by atoms with Crippen molar-refractivity contribution in [3.8, 4) is 0 Å². The summed E-state index contributed by atoms with van der Waals surface area (Å²) in [6, 6.07) is 2.52. The Labute approximate surface area is 163 Å². The van der Waals surface area contributed by atoms with Gasteiger partial charge in [0.05, 0.1) is 23.3 Å². The normalized spacial score (nSPS) is 21.2. The monoisotopic (exact) mass is 386 g/mol. The lowest BCUT2D eigenvalue weighted by Gasteiger charge is -2.40. The van der Waals surface area contributed by atoms with Gasteiger partial charge in [0.25, 0.3) is 5.91 Å². The van der Waals surface area contributed by atoms with Crippen molar-refractivity contribution in [2.75, 3.05) is 19.7 Å². The summed E-state index contributed by atoms with van der Waals surface area (Å²) in [5.74, 6) is 0.171. The van der Waals surface area contributed by atoms with E-state index >= 15 is 0 Å². The fourth-order valence-corrected chi connectivity index (χ4v) is 5.60. The maximum atomic E-state index is 13.4. The SMILES string of the molecule is Cn1cc(CN(C(=O)c2cc3c(s2)CCOC32CCNCC2)C2CC2)cn1. The molecule has 1 amide bonds. The van der Waals surface area contributed by atoms with Gasteiger partial charge in [0.1, 0.15) is 0 Å². The summed E-state index contributed by atoms with van der Waals surface area (Å²) in [4.78, 5) is 17.7. The van der Waals surface area contributed by atoms with Crippen LogP contribution in [0.15, 0.2) is 18.5 Å². The Bertz CT molecular complexity index is 848. The van der Waals surface area contributed by atoms with Crippen molar-refractivity contribution < 1.29 is 9.53 Å². The zero-order valence-corrected chi connectivity index (χ0v) is 16.6. The molecular formula is C20H26N4O2S. The van der Waals surface area contributed by atoms with Crippen LogP contribution in [0, 0.1) is 0 Å². The summed E-state index contributed by atoms with van der Waals surface area (Å²) in [5, 5.41) is 7.68. The number of ether oxygens (including phenoxy) is 1. The number of fused-ring (bicyclic) bond motifs is 2. The van der Waals surface area contributed by atoms with Crippen LogP contribution in [0.25, 0.3) is 0 Å². The number of carbonyl (C=O) groups is 1. The number of nitrogens with zero attached hydrogens (tertiary/aromatic N) is 3. The van der Waals surface area contributed by atoms with E-state index < -0.39 is 0 Å². The average Bonchev–Trinajstić information content (AvgIpc) is 3.28. The van der Waals surface area contributed by atoms with Gasteiger partial charge in [-0.2, -0.15) is 5.10 Å². The molecule has 5 rings (SSSR count). The molecule has 27 heavy (non-hydrogen) atoms. The number of rotatable bonds is 4. The molecule has 144 valence electrons. The Hall–Kier alpha value is -1.70. The number of hydrogen-bond donors (Lipinski definition) is 1. The third-order valence-corrected chi connectivity index (χ3v) is 7.17. The van der Waals surface area contributed by atoms with E-state index in [1.807, 2.05) is 24.3 Å². The second kappa shape index (κ2) is 6.72. The first-order chi connectivity index (χ1) is 13.1. The lowest BCUT2D eigenvalue weighted by atomic mass is 9.83. The van der Waals surface area contributed by atoms with Crippen LogP contribution in [-0.4, -0.2) is 46.3 Å². The quantitative estimate of drug-likeness (QED) is 0.877. The third kappa shape index (κ3) is 3.22. The van der Waals surface area contributed by atoms with E-state index in [1.54, 1.807) is 16.0 Å². The van der Waals surface area contributed by atoms with Crippen LogP contribution in [0.2, 0.25) is 0 Å². The van der Waals surface area contributed by atoms with Gasteiger partial charge < -0.3 is 15.0 Å². The molecule has 6 nitrogen and oxygen atoms in total. The lowest BCUT2D eigenvalue weighted by Crippen LogP contribution is -2.44. The maximum Gasteiger partial charge on any atom is 0.264 e. The minimum absolute atomic E-state index is 0.171. The van der Waals surface area contributed by atoms with Crippen molar-refractivity contribution >= 4 is 17.2 Å². The van der Waals surface area contributed by atoms with Crippen LogP contribution < -0.4 is 5.32 Å². The zero-order valence-electron chi connectivity index (χ0n) is 15.7. The van der Waals surface area contributed by atoms with Crippen LogP contribution in [0.1, 0.15) is 51.4 Å². The van der Waals surface area contributed by atoms with Crippen LogP contribution >= 0.6 is 11.3 Å². The number of piperidine rings is 1. The summed E-state index contributed by atoms with van der Waals surface area (Å²) in [6.07, 6.45) is 8.98. The highest BCUT2D eigenvalue weighted by molar-refractivity contribution is 7.14. The van der Waals surface area contributed by atoms with Gasteiger partial charge in [0.15, 0.2) is 0 Å². The van der Waals surface area contributed by atoms with Crippen LogP contribution in [0.5, 0.6) is 0 Å². The predicted octanol–water partition coefficient (Wildman–Crippen LogP) is 2.44. The average molecular weight is 387 g/mol. The smallest absolute Gasteiger partial charge is 0.264 e. The van der Waals surface area contributed by atoms with E-state index in [2.05, 4.69) is 16.5 Å². The van der Waals surface area contributed by atoms with Gasteiger partial charge in [0.2, 0.25) is 0 Å². The highest BCUT2D eigenvalue weighted by Gasteiger charge is 2.42. The molecule has 2 fully saturated rings. The molecule has 1 aliphatic carbocycles. The molecule has 2 aliphatic heterocycles. The summed E-state index contributed by atoms with van der Waals surface area (Å²) in [5.41, 5.74) is 2.19. The molecule has 1 saturated carbocycles. The summed E-state index contributed by atoms with van der Waals surface area (Å²) in [6.45, 7) is 3.37. The minimum Gasteiger partial charge on any atom is -0.370 e. The van der Waals surface area contributed by atoms with Crippen LogP contribution in [-0.2, 0) is 30.4 Å². The Balaban J connectivity index is 1.43. The first-order valence-corrected chi connectivity index (χ1v) is 10.7. The number of amides is 1. The van der Waals surface area contributed by atoms with Crippen LogP contribution in [0.4, 0.5) is 0 Å². The van der Waals surface area contributed by atoms with Crippen molar-refractivity contribution in [2.24, 2.45) is 7.05 Å². The van der Waals surface area contributed by atoms with Gasteiger partial charge in [-0.1, -0.05) is 0 Å². The molecule has 0 atom stereocenters. The summed E-state index contributed by atoms with van der Waals surface area (Å²) in [7, 11) is 1.92. The number of aryl methyl sites for hydroxylation is 1. The molecule has 2 aromatic rings. The van der Waals surface area contributed by atoms with Crippen molar-refractivity contribution in [2.45, 2.75) is 50.3 Å². The number of aromatic nitrogens is 2. The van der Waals surface area contributed by atoms with E-state index in [9.17, 15) is 4.79 Å². The maximum absolute atomic E-state index is 13.4. The van der Waals surface area contributed by atoms with Crippen molar-refractivity contribution in [1.82, 2.24) is 20.0 Å². The first-order valence-electron chi connectivity index (χ1n) is 9.91. The topological polar surface area (TPSA) is 59.4 Å². The largest absolute Gasteiger partial charge is 0.370 e. The molecule has 1 saturated heterocycles. The Morgan fingerprint density at radius 1 is 1.44 bits per heavy atom. The van der Waals surface area contributed by atoms with E-state index in [4.69, 9.17) is 4.74 Å². The number of hydrogen-bond acceptors (Lipinski definition) is 5. The first kappa shape index (κ1) is 17.4. The standard InChI is InChI=1S/C20H26N4O2S/c1-23-12-14(11-22-23)13-24(15-2-3-15)19(25)18-10-16-17(27-18)4-9-26-20(16)5-7-21-8-6-20/h10-12,15,21H,2-9,13H2,1H3. The Morgan fingerprint density at radius 3 is 2.96 bits per heavy atom. The zero-order chi connectivity index (χ0) is 18.4. The highest BCUT2D eigenvalue weighted by Crippen LogP contribution is 2.44. The molecule has 4 heterocycles. The molecular weight excluding hydrogens is 360 g/mol. The van der Waals surface area contributed by atoms with Crippen molar-refractivity contribution in [3.05, 3.63) is 39.3 Å². The molecule has 1 N–H and O–H groups in total. The summed E-state index contributed by atoms with van der Waals surface area (Å²) < 4.78 is 8.07. The molecule has 0 unspecified atom stereocenters. The van der Waals surface area contributed by atoms with E-state index in [1.165, 1.54) is 10.4 Å². The van der Waals surface area contributed by atoms with Gasteiger partial charge >= 0.3 is 0 Å². The van der Waals surface area contributed by atoms with Gasteiger partial charge in [-0.05, 0) is 50.4 Å². The van der Waals surface area contributed by atoms with Crippen LogP contribution in [0.3, 0.4) is 0 Å². The molecule has 0 bridgehead atoms. The van der Waals surface area contributed by atoms with Gasteiger partial charge in [-0.3, -0.25) is 9.48 Å². The molecule has 7 heteroatoms. The molecule has 1 spiro atoms. The molecule has 0 aromatic carbocycles. The van der Waals surface area contributed by atoms with Gasteiger partial charge in [0, 0.05) is 42.7 Å². The Morgan fingerprint density at radius 2 is 2.26 bits per heavy atom. The number of nitrogens with one attached hydrogen (secondary N) is 1. The van der Waals surface area contributed by atoms with E-state index in [0.29, 0.717) is 12.6 Å². The molecule has 3 aliphatic rings. The van der Waals surface area contributed by atoms with Gasteiger partial charge in [-0.25, -0.2) is 0 Å². The fraction of sp³-hybridized carbons (Fsp3) is 0.600. The van der Waals surface area contributed by atoms with E-state index in [0.717, 1.165) is 62.2 Å². The van der Waals surface area contributed by atoms with E-state index in [-0.39, 0.29) is 11.5 Å².